The third kappa shape index (κ3) is 5.64. The maximum atomic E-state index is 12.2. The summed E-state index contributed by atoms with van der Waals surface area (Å²) in [5.74, 6) is 0.696. The van der Waals surface area contributed by atoms with Gasteiger partial charge in [-0.3, -0.25) is 4.99 Å². The summed E-state index contributed by atoms with van der Waals surface area (Å²) in [5.41, 5.74) is 0. The monoisotopic (exact) mass is 332 g/mol. The summed E-state index contributed by atoms with van der Waals surface area (Å²) in [5, 5.41) is 6.18. The van der Waals surface area contributed by atoms with E-state index in [1.165, 1.54) is 11.3 Å². The van der Waals surface area contributed by atoms with Gasteiger partial charge in [0.25, 0.3) is 0 Å². The molecule has 0 saturated heterocycles. The van der Waals surface area contributed by atoms with Crippen LogP contribution in [0.25, 0.3) is 0 Å². The third-order valence-electron chi connectivity index (χ3n) is 2.65. The lowest BCUT2D eigenvalue weighted by atomic mass is 10.4. The molecule has 0 aliphatic carbocycles. The van der Waals surface area contributed by atoms with Gasteiger partial charge in [-0.2, -0.15) is 0 Å². The summed E-state index contributed by atoms with van der Waals surface area (Å²) < 4.78 is 26.9. The molecule has 0 fully saturated rings. The summed E-state index contributed by atoms with van der Waals surface area (Å²) in [6.45, 7) is 9.89. The summed E-state index contributed by atoms with van der Waals surface area (Å²) in [7, 11) is -3.44. The molecule has 0 unspecified atom stereocenters. The minimum atomic E-state index is -3.44. The van der Waals surface area contributed by atoms with Crippen LogP contribution in [0.1, 0.15) is 23.6 Å². The van der Waals surface area contributed by atoms with E-state index in [1.807, 2.05) is 27.7 Å². The summed E-state index contributed by atoms with van der Waals surface area (Å²) in [6.07, 6.45) is 0. The zero-order chi connectivity index (χ0) is 15.9. The van der Waals surface area contributed by atoms with Crippen molar-refractivity contribution in [3.8, 4) is 0 Å². The second-order valence-corrected chi connectivity index (χ2v) is 7.66. The van der Waals surface area contributed by atoms with Crippen molar-refractivity contribution in [3.63, 3.8) is 0 Å². The third-order valence-corrected chi connectivity index (χ3v) is 5.33. The lowest BCUT2D eigenvalue weighted by Gasteiger charge is -2.09. The molecule has 6 nitrogen and oxygen atoms in total. The molecule has 0 atom stereocenters. The zero-order valence-electron chi connectivity index (χ0n) is 13.0. The van der Waals surface area contributed by atoms with Crippen LogP contribution in [0.2, 0.25) is 0 Å². The van der Waals surface area contributed by atoms with Crippen molar-refractivity contribution in [2.45, 2.75) is 32.6 Å². The molecule has 1 aromatic rings. The second kappa shape index (κ2) is 8.35. The summed E-state index contributed by atoms with van der Waals surface area (Å²) in [6, 6.07) is 1.70. The predicted molar refractivity (Wildman–Crippen MR) is 88.6 cm³/mol. The maximum Gasteiger partial charge on any atom is 0.241 e. The number of aryl methyl sites for hydroxylation is 2. The Labute approximate surface area is 131 Å². The zero-order valence-corrected chi connectivity index (χ0v) is 14.6. The lowest BCUT2D eigenvalue weighted by Crippen LogP contribution is -2.37. The first-order valence-electron chi connectivity index (χ1n) is 6.99. The van der Waals surface area contributed by atoms with Crippen molar-refractivity contribution < 1.29 is 8.42 Å². The molecule has 3 N–H and O–H groups in total. The number of aliphatic imine (C=N–C) groups is 1. The van der Waals surface area contributed by atoms with Crippen LogP contribution in [0.4, 0.5) is 0 Å². The molecule has 0 amide bonds. The largest absolute Gasteiger partial charge is 0.357 e. The van der Waals surface area contributed by atoms with Crippen LogP contribution in [0.15, 0.2) is 16.0 Å². The minimum absolute atomic E-state index is 0.275. The number of thiophene rings is 1. The number of rotatable bonds is 7. The van der Waals surface area contributed by atoms with Gasteiger partial charge in [0.15, 0.2) is 5.96 Å². The van der Waals surface area contributed by atoms with Crippen molar-refractivity contribution in [2.75, 3.05) is 26.2 Å². The van der Waals surface area contributed by atoms with Crippen LogP contribution in [0.3, 0.4) is 0 Å². The van der Waals surface area contributed by atoms with Crippen LogP contribution in [-0.4, -0.2) is 40.6 Å². The molecule has 0 aliphatic heterocycles. The molecule has 0 spiro atoms. The Hall–Kier alpha value is -1.12. The highest BCUT2D eigenvalue weighted by Gasteiger charge is 2.18. The fourth-order valence-electron chi connectivity index (χ4n) is 1.81. The molecule has 0 bridgehead atoms. The van der Waals surface area contributed by atoms with E-state index in [9.17, 15) is 8.42 Å². The standard InChI is InChI=1S/C13H24N4O2S2/c1-5-14-13(15-6-2)16-7-8-17-21(18,19)12-9-10(3)20-11(12)4/h9,17H,5-8H2,1-4H3,(H2,14,15,16). The molecule has 21 heavy (non-hydrogen) atoms. The van der Waals surface area contributed by atoms with Crippen molar-refractivity contribution in [1.29, 1.82) is 0 Å². The number of nitrogens with zero attached hydrogens (tertiary/aromatic N) is 1. The average Bonchev–Trinajstić information content (AvgIpc) is 2.75. The quantitative estimate of drug-likeness (QED) is 0.398. The van der Waals surface area contributed by atoms with Gasteiger partial charge in [0, 0.05) is 29.4 Å². The fourth-order valence-corrected chi connectivity index (χ4v) is 4.38. The van der Waals surface area contributed by atoms with Gasteiger partial charge in [0.2, 0.25) is 10.0 Å². The van der Waals surface area contributed by atoms with Gasteiger partial charge in [-0.15, -0.1) is 11.3 Å². The first kappa shape index (κ1) is 17.9. The highest BCUT2D eigenvalue weighted by Crippen LogP contribution is 2.24. The molecule has 1 aromatic heterocycles. The Balaban J connectivity index is 2.58. The molecule has 8 heteroatoms. The normalized spacial score (nSPS) is 11.2. The maximum absolute atomic E-state index is 12.2. The van der Waals surface area contributed by atoms with Crippen molar-refractivity contribution in [2.24, 2.45) is 4.99 Å². The van der Waals surface area contributed by atoms with Crippen LogP contribution >= 0.6 is 11.3 Å². The molecular weight excluding hydrogens is 308 g/mol. The van der Waals surface area contributed by atoms with E-state index in [-0.39, 0.29) is 6.54 Å². The first-order chi connectivity index (χ1) is 9.90. The van der Waals surface area contributed by atoms with Gasteiger partial charge in [-0.1, -0.05) is 0 Å². The van der Waals surface area contributed by atoms with Crippen LogP contribution < -0.4 is 15.4 Å². The molecule has 0 radical (unpaired) electrons. The van der Waals surface area contributed by atoms with Gasteiger partial charge in [0.1, 0.15) is 0 Å². The Morgan fingerprint density at radius 1 is 1.24 bits per heavy atom. The van der Waals surface area contributed by atoms with E-state index >= 15 is 0 Å². The highest BCUT2D eigenvalue weighted by atomic mass is 32.2. The molecule has 1 heterocycles. The van der Waals surface area contributed by atoms with Crippen LogP contribution in [-0.2, 0) is 10.0 Å². The second-order valence-electron chi connectivity index (χ2n) is 4.47. The van der Waals surface area contributed by atoms with Gasteiger partial charge < -0.3 is 10.6 Å². The molecule has 120 valence electrons. The SMILES string of the molecule is CCNC(=NCCNS(=O)(=O)c1cc(C)sc1C)NCC. The highest BCUT2D eigenvalue weighted by molar-refractivity contribution is 7.89. The summed E-state index contributed by atoms with van der Waals surface area (Å²) in [4.78, 5) is 6.47. The molecule has 0 saturated carbocycles. The van der Waals surface area contributed by atoms with Crippen LogP contribution in [0.5, 0.6) is 0 Å². The number of hydrogen-bond donors (Lipinski definition) is 3. The molecular formula is C13H24N4O2S2. The van der Waals surface area contributed by atoms with E-state index in [0.29, 0.717) is 17.4 Å². The molecule has 0 aromatic carbocycles. The Bertz CT molecular complexity index is 571. The van der Waals surface area contributed by atoms with Crippen molar-refractivity contribution >= 4 is 27.3 Å². The van der Waals surface area contributed by atoms with E-state index in [1.54, 1.807) is 6.07 Å². The number of sulfonamides is 1. The van der Waals surface area contributed by atoms with Gasteiger partial charge >= 0.3 is 0 Å². The first-order valence-corrected chi connectivity index (χ1v) is 9.29. The topological polar surface area (TPSA) is 82.6 Å². The van der Waals surface area contributed by atoms with E-state index in [2.05, 4.69) is 20.3 Å². The molecule has 1 rings (SSSR count). The van der Waals surface area contributed by atoms with E-state index in [4.69, 9.17) is 0 Å². The number of nitrogens with one attached hydrogen (secondary N) is 3. The van der Waals surface area contributed by atoms with E-state index in [0.717, 1.165) is 22.8 Å². The number of guanidine groups is 1. The van der Waals surface area contributed by atoms with Crippen LogP contribution in [0, 0.1) is 13.8 Å². The van der Waals surface area contributed by atoms with Gasteiger partial charge in [0.05, 0.1) is 11.4 Å². The Morgan fingerprint density at radius 3 is 2.33 bits per heavy atom. The minimum Gasteiger partial charge on any atom is -0.357 e. The van der Waals surface area contributed by atoms with Crippen molar-refractivity contribution in [3.05, 3.63) is 15.8 Å². The Kier molecular flexibility index (Phi) is 7.13. The average molecular weight is 332 g/mol. The summed E-state index contributed by atoms with van der Waals surface area (Å²) >= 11 is 1.49. The smallest absolute Gasteiger partial charge is 0.241 e. The van der Waals surface area contributed by atoms with Gasteiger partial charge in [-0.05, 0) is 33.8 Å². The van der Waals surface area contributed by atoms with Gasteiger partial charge in [-0.25, -0.2) is 13.1 Å². The number of hydrogen-bond acceptors (Lipinski definition) is 4. The lowest BCUT2D eigenvalue weighted by molar-refractivity contribution is 0.582. The predicted octanol–water partition coefficient (Wildman–Crippen LogP) is 1.22. The molecule has 0 aliphatic rings. The van der Waals surface area contributed by atoms with E-state index < -0.39 is 10.0 Å². The van der Waals surface area contributed by atoms with Crippen molar-refractivity contribution in [1.82, 2.24) is 15.4 Å². The fraction of sp³-hybridized carbons (Fsp3) is 0.615. The Morgan fingerprint density at radius 2 is 1.86 bits per heavy atom.